The normalized spacial score (nSPS) is 21.6. The molecular weight excluding hydrogens is 599 g/mol. The van der Waals surface area contributed by atoms with Crippen molar-refractivity contribution in [1.29, 1.82) is 0 Å². The Labute approximate surface area is 265 Å². The minimum absolute atomic E-state index is 0.132. The van der Waals surface area contributed by atoms with Gasteiger partial charge in [-0.3, -0.25) is 9.88 Å². The summed E-state index contributed by atoms with van der Waals surface area (Å²) in [7, 11) is 0. The first kappa shape index (κ1) is 29.7. The van der Waals surface area contributed by atoms with Crippen molar-refractivity contribution in [3.05, 3.63) is 93.9 Å². The summed E-state index contributed by atoms with van der Waals surface area (Å²) in [4.78, 5) is 23.2. The fraction of sp³-hybridized carbons (Fsp3) is 0.382. The number of piperidine rings is 1. The zero-order valence-electron chi connectivity index (χ0n) is 25.1. The van der Waals surface area contributed by atoms with E-state index >= 15 is 0 Å². The van der Waals surface area contributed by atoms with Gasteiger partial charge in [0.05, 0.1) is 36.0 Å². The van der Waals surface area contributed by atoms with Crippen LogP contribution >= 0.6 is 11.6 Å². The van der Waals surface area contributed by atoms with Crippen molar-refractivity contribution in [2.24, 2.45) is 0 Å². The maximum absolute atomic E-state index is 14.9. The Morgan fingerprint density at radius 3 is 2.64 bits per heavy atom. The van der Waals surface area contributed by atoms with Crippen LogP contribution in [0.1, 0.15) is 65.1 Å². The smallest absolute Gasteiger partial charge is 0.337 e. The number of benzene rings is 2. The summed E-state index contributed by atoms with van der Waals surface area (Å²) in [6.45, 7) is 7.60. The standard InChI is InChI=1S/C34H34ClFN4O5/c1-20-31(22-14-23(33(41)42)17-37-16-22)38-30(40(20)18-25-10-13-43-25)19-39-11-8-21(9-12-39)26-4-3-5-29-32(26)45-34(2,44-29)27-7-6-24(35)15-28(27)36/h3-7,14-17,21,25H,8-13,18-19H2,1-2H3,(H,41,42)/t25?,34-/m0/s1. The number of pyridine rings is 1. The van der Waals surface area contributed by atoms with E-state index in [2.05, 4.69) is 20.5 Å². The van der Waals surface area contributed by atoms with E-state index in [-0.39, 0.29) is 17.6 Å². The second-order valence-corrected chi connectivity index (χ2v) is 12.6. The number of halogens is 2. The van der Waals surface area contributed by atoms with Crippen molar-refractivity contribution in [3.63, 3.8) is 0 Å². The van der Waals surface area contributed by atoms with Gasteiger partial charge in [-0.25, -0.2) is 14.2 Å². The zero-order valence-corrected chi connectivity index (χ0v) is 25.9. The monoisotopic (exact) mass is 632 g/mol. The third-order valence-electron chi connectivity index (χ3n) is 9.16. The number of para-hydroxylation sites is 1. The highest BCUT2D eigenvalue weighted by Gasteiger charge is 2.43. The first-order valence-electron chi connectivity index (χ1n) is 15.2. The van der Waals surface area contributed by atoms with Crippen LogP contribution in [0.3, 0.4) is 0 Å². The fourth-order valence-corrected chi connectivity index (χ4v) is 6.74. The Morgan fingerprint density at radius 1 is 1.13 bits per heavy atom. The van der Waals surface area contributed by atoms with Crippen LogP contribution in [-0.4, -0.2) is 56.3 Å². The van der Waals surface area contributed by atoms with Gasteiger partial charge in [-0.2, -0.15) is 0 Å². The van der Waals surface area contributed by atoms with E-state index < -0.39 is 17.6 Å². The Bertz CT molecular complexity index is 1770. The van der Waals surface area contributed by atoms with Gasteiger partial charge >= 0.3 is 5.97 Å². The SMILES string of the molecule is Cc1c(-c2cncc(C(=O)O)c2)nc(CN2CCC(c3cccc4c3O[C@@](C)(c3ccc(Cl)cc3F)O4)CC2)n1CC1CCO1. The fourth-order valence-electron chi connectivity index (χ4n) is 6.59. The van der Waals surface area contributed by atoms with Gasteiger partial charge in [0.1, 0.15) is 11.6 Å². The summed E-state index contributed by atoms with van der Waals surface area (Å²) in [6, 6.07) is 12.0. The van der Waals surface area contributed by atoms with Crippen LogP contribution in [0.15, 0.2) is 54.9 Å². The molecule has 0 spiro atoms. The highest BCUT2D eigenvalue weighted by molar-refractivity contribution is 6.30. The van der Waals surface area contributed by atoms with E-state index in [1.165, 1.54) is 12.3 Å². The molecule has 3 aliphatic rings. The quantitative estimate of drug-likeness (QED) is 0.233. The summed E-state index contributed by atoms with van der Waals surface area (Å²) in [5, 5.41) is 9.81. The number of imidazole rings is 1. The number of rotatable bonds is 8. The summed E-state index contributed by atoms with van der Waals surface area (Å²) in [5.41, 5.74) is 3.90. The third-order valence-corrected chi connectivity index (χ3v) is 9.40. The van der Waals surface area contributed by atoms with Gasteiger partial charge in [-0.1, -0.05) is 23.7 Å². The number of hydrogen-bond acceptors (Lipinski definition) is 7. The van der Waals surface area contributed by atoms with E-state index in [4.69, 9.17) is 30.8 Å². The van der Waals surface area contributed by atoms with Crippen LogP contribution < -0.4 is 9.47 Å². The summed E-state index contributed by atoms with van der Waals surface area (Å²) >= 11 is 5.98. The van der Waals surface area contributed by atoms with Crippen LogP contribution in [0.4, 0.5) is 4.39 Å². The lowest BCUT2D eigenvalue weighted by molar-refractivity contribution is -0.0712. The minimum atomic E-state index is -1.29. The maximum Gasteiger partial charge on any atom is 0.337 e. The predicted molar refractivity (Wildman–Crippen MR) is 165 cm³/mol. The molecule has 2 aromatic carbocycles. The van der Waals surface area contributed by atoms with E-state index in [0.717, 1.165) is 61.7 Å². The molecule has 5 heterocycles. The number of aromatic nitrogens is 3. The number of carboxylic acid groups (broad SMARTS) is 1. The van der Waals surface area contributed by atoms with Crippen molar-refractivity contribution in [1.82, 2.24) is 19.4 Å². The predicted octanol–water partition coefficient (Wildman–Crippen LogP) is 6.56. The van der Waals surface area contributed by atoms with Crippen LogP contribution in [-0.2, 0) is 23.6 Å². The molecule has 2 atom stereocenters. The molecule has 1 unspecified atom stereocenters. The molecule has 45 heavy (non-hydrogen) atoms. The van der Waals surface area contributed by atoms with Gasteiger partial charge in [0.15, 0.2) is 11.5 Å². The van der Waals surface area contributed by atoms with Gasteiger partial charge in [-0.15, -0.1) is 0 Å². The van der Waals surface area contributed by atoms with Crippen LogP contribution in [0, 0.1) is 12.7 Å². The Hall–Kier alpha value is -3.99. The maximum atomic E-state index is 14.9. The molecule has 3 aliphatic heterocycles. The number of ether oxygens (including phenoxy) is 3. The molecule has 0 radical (unpaired) electrons. The lowest BCUT2D eigenvalue weighted by Crippen LogP contribution is -2.35. The summed E-state index contributed by atoms with van der Waals surface area (Å²) in [5.74, 6) is -0.325. The molecule has 0 saturated carbocycles. The van der Waals surface area contributed by atoms with Gasteiger partial charge < -0.3 is 23.9 Å². The molecule has 2 aromatic heterocycles. The van der Waals surface area contributed by atoms with E-state index in [1.807, 2.05) is 19.1 Å². The van der Waals surface area contributed by atoms with Crippen molar-refractivity contribution >= 4 is 17.6 Å². The van der Waals surface area contributed by atoms with Gasteiger partial charge in [-0.05, 0) is 75.5 Å². The number of likely N-dealkylation sites (tertiary alicyclic amines) is 1. The molecule has 2 fully saturated rings. The number of carboxylic acids is 1. The third kappa shape index (κ3) is 5.67. The molecule has 9 nitrogen and oxygen atoms in total. The molecular formula is C34H34ClFN4O5. The molecule has 0 aliphatic carbocycles. The largest absolute Gasteiger partial charge is 0.478 e. The van der Waals surface area contributed by atoms with Gasteiger partial charge in [0.25, 0.3) is 5.79 Å². The number of fused-ring (bicyclic) bond motifs is 1. The molecule has 2 saturated heterocycles. The van der Waals surface area contributed by atoms with Crippen molar-refractivity contribution in [3.8, 4) is 22.8 Å². The van der Waals surface area contributed by atoms with E-state index in [1.54, 1.807) is 31.3 Å². The van der Waals surface area contributed by atoms with Crippen molar-refractivity contribution in [2.45, 2.75) is 64.0 Å². The molecule has 1 N–H and O–H groups in total. The van der Waals surface area contributed by atoms with Crippen LogP contribution in [0.5, 0.6) is 11.5 Å². The van der Waals surface area contributed by atoms with E-state index in [9.17, 15) is 14.3 Å². The molecule has 7 rings (SSSR count). The number of carbonyl (C=O) groups is 1. The first-order chi connectivity index (χ1) is 21.7. The number of aromatic carboxylic acids is 1. The highest BCUT2D eigenvalue weighted by Crippen LogP contribution is 2.50. The van der Waals surface area contributed by atoms with Crippen LogP contribution in [0.25, 0.3) is 11.3 Å². The molecule has 11 heteroatoms. The van der Waals surface area contributed by atoms with Crippen molar-refractivity contribution < 1.29 is 28.5 Å². The van der Waals surface area contributed by atoms with Gasteiger partial charge in [0, 0.05) is 47.8 Å². The average Bonchev–Trinajstić information content (AvgIpc) is 3.51. The highest BCUT2D eigenvalue weighted by atomic mass is 35.5. The molecule has 0 amide bonds. The lowest BCUT2D eigenvalue weighted by Gasteiger charge is -2.33. The molecule has 0 bridgehead atoms. The minimum Gasteiger partial charge on any atom is -0.478 e. The Morgan fingerprint density at radius 2 is 1.93 bits per heavy atom. The van der Waals surface area contributed by atoms with E-state index in [0.29, 0.717) is 40.7 Å². The zero-order chi connectivity index (χ0) is 31.3. The molecule has 4 aromatic rings. The van der Waals surface area contributed by atoms with Gasteiger partial charge in [0.2, 0.25) is 0 Å². The summed E-state index contributed by atoms with van der Waals surface area (Å²) < 4.78 is 35.4. The second kappa shape index (κ2) is 11.7. The second-order valence-electron chi connectivity index (χ2n) is 12.1. The average molecular weight is 633 g/mol. The van der Waals surface area contributed by atoms with Crippen molar-refractivity contribution in [2.75, 3.05) is 19.7 Å². The first-order valence-corrected chi connectivity index (χ1v) is 15.6. The topological polar surface area (TPSA) is 98.9 Å². The number of nitrogens with zero attached hydrogens (tertiary/aromatic N) is 4. The molecule has 234 valence electrons. The lowest BCUT2D eigenvalue weighted by atomic mass is 9.88. The Kier molecular flexibility index (Phi) is 7.75. The summed E-state index contributed by atoms with van der Waals surface area (Å²) in [6.07, 6.45) is 5.99. The number of hydrogen-bond donors (Lipinski definition) is 1. The van der Waals surface area contributed by atoms with Crippen LogP contribution in [0.2, 0.25) is 5.02 Å². The Balaban J connectivity index is 1.08.